The van der Waals surface area contributed by atoms with E-state index in [4.69, 9.17) is 9.90 Å². The zero-order chi connectivity index (χ0) is 25.9. The van der Waals surface area contributed by atoms with Gasteiger partial charge in [0.1, 0.15) is 4.90 Å². The molecule has 2 amide bonds. The fourth-order valence-corrected chi connectivity index (χ4v) is 6.22. The first-order valence-corrected chi connectivity index (χ1v) is 11.9. The van der Waals surface area contributed by atoms with E-state index in [0.29, 0.717) is 31.5 Å². The van der Waals surface area contributed by atoms with E-state index in [9.17, 15) is 31.2 Å². The van der Waals surface area contributed by atoms with Crippen molar-refractivity contribution in [1.82, 2.24) is 14.5 Å². The normalized spacial score (nSPS) is 22.5. The number of alkyl halides is 3. The van der Waals surface area contributed by atoms with Crippen molar-refractivity contribution in [3.05, 3.63) is 29.3 Å². The van der Waals surface area contributed by atoms with Gasteiger partial charge in [-0.1, -0.05) is 0 Å². The molecule has 1 aromatic carbocycles. The van der Waals surface area contributed by atoms with Crippen LogP contribution < -0.4 is 5.32 Å². The van der Waals surface area contributed by atoms with Gasteiger partial charge in [-0.3, -0.25) is 9.59 Å². The molecule has 0 radical (unpaired) electrons. The summed E-state index contributed by atoms with van der Waals surface area (Å²) in [6.45, 7) is 9.18. The summed E-state index contributed by atoms with van der Waals surface area (Å²) in [5.74, 6) is -3.45. The summed E-state index contributed by atoms with van der Waals surface area (Å²) >= 11 is 0. The average Bonchev–Trinajstić information content (AvgIpc) is 3.46. The van der Waals surface area contributed by atoms with Gasteiger partial charge < -0.3 is 15.3 Å². The first kappa shape index (κ1) is 25.9. The summed E-state index contributed by atoms with van der Waals surface area (Å²) < 4.78 is 58.3. The Morgan fingerprint density at radius 1 is 1.09 bits per heavy atom. The number of piperazine rings is 1. The molecule has 34 heavy (non-hydrogen) atoms. The maximum absolute atomic E-state index is 13.1. The Bertz CT molecular complexity index is 1130. The van der Waals surface area contributed by atoms with Crippen molar-refractivity contribution < 1.29 is 41.1 Å². The molecule has 2 aliphatic heterocycles. The predicted octanol–water partition coefficient (Wildman–Crippen LogP) is 2.23. The SMILES string of the molecule is CC1(C)CN(C(=O)c2ccc3c(c2)S(=O)(=O)N(C2CC2)C3=O)CC(C)(C)N1.O=C(O)C(F)(F)F. The molecule has 3 aliphatic rings. The molecule has 0 unspecified atom stereocenters. The van der Waals surface area contributed by atoms with Gasteiger partial charge in [-0.25, -0.2) is 17.5 Å². The van der Waals surface area contributed by atoms with E-state index in [1.807, 2.05) is 27.7 Å². The van der Waals surface area contributed by atoms with Crippen LogP contribution in [0.2, 0.25) is 0 Å². The lowest BCUT2D eigenvalue weighted by Gasteiger charge is -2.48. The molecule has 0 bridgehead atoms. The van der Waals surface area contributed by atoms with Crippen LogP contribution in [0.15, 0.2) is 23.1 Å². The summed E-state index contributed by atoms with van der Waals surface area (Å²) in [7, 11) is -3.86. The molecule has 13 heteroatoms. The summed E-state index contributed by atoms with van der Waals surface area (Å²) in [6, 6.07) is 4.18. The molecule has 0 spiro atoms. The van der Waals surface area contributed by atoms with E-state index in [2.05, 4.69) is 5.32 Å². The molecule has 1 aliphatic carbocycles. The Morgan fingerprint density at radius 2 is 1.59 bits per heavy atom. The monoisotopic (exact) mass is 505 g/mol. The third-order valence-electron chi connectivity index (χ3n) is 5.45. The molecule has 2 heterocycles. The van der Waals surface area contributed by atoms with E-state index in [0.717, 1.165) is 4.31 Å². The van der Waals surface area contributed by atoms with Crippen LogP contribution >= 0.6 is 0 Å². The van der Waals surface area contributed by atoms with E-state index in [1.54, 1.807) is 11.0 Å². The molecule has 9 nitrogen and oxygen atoms in total. The first-order valence-electron chi connectivity index (χ1n) is 10.5. The van der Waals surface area contributed by atoms with E-state index >= 15 is 0 Å². The van der Waals surface area contributed by atoms with E-state index in [-0.39, 0.29) is 33.5 Å². The Labute approximate surface area is 194 Å². The highest BCUT2D eigenvalue weighted by atomic mass is 32.2. The average molecular weight is 506 g/mol. The smallest absolute Gasteiger partial charge is 0.475 e. The summed E-state index contributed by atoms with van der Waals surface area (Å²) in [5, 5.41) is 10.6. The highest BCUT2D eigenvalue weighted by Crippen LogP contribution is 2.40. The maximum Gasteiger partial charge on any atom is 0.490 e. The van der Waals surface area contributed by atoms with Gasteiger partial charge in [0, 0.05) is 35.8 Å². The second-order valence-corrected chi connectivity index (χ2v) is 11.7. The van der Waals surface area contributed by atoms with Crippen LogP contribution in [0.4, 0.5) is 13.2 Å². The molecule has 2 fully saturated rings. The number of carboxylic acids is 1. The molecular weight excluding hydrogens is 479 g/mol. The van der Waals surface area contributed by atoms with Crippen molar-refractivity contribution in [3.8, 4) is 0 Å². The van der Waals surface area contributed by atoms with Crippen LogP contribution in [-0.4, -0.2) is 76.9 Å². The standard InChI is InChI=1S/C19H25N3O4S.C2HF3O2/c1-18(2)10-21(11-19(3,4)20-18)16(23)12-5-8-14-15(9-12)27(25,26)22(17(14)24)13-6-7-13;3-2(4,5)1(6)7/h5,8-9,13,20H,6-7,10-11H2,1-4H3;(H,6,7). The number of halogens is 3. The van der Waals surface area contributed by atoms with Gasteiger partial charge in [0.05, 0.1) is 5.56 Å². The number of aliphatic carboxylic acids is 1. The summed E-state index contributed by atoms with van der Waals surface area (Å²) in [4.78, 5) is 36.2. The molecule has 2 N–H and O–H groups in total. The van der Waals surface area contributed by atoms with Crippen molar-refractivity contribution in [2.45, 2.75) is 68.7 Å². The van der Waals surface area contributed by atoms with Crippen molar-refractivity contribution in [2.75, 3.05) is 13.1 Å². The second kappa shape index (κ2) is 8.22. The number of fused-ring (bicyclic) bond motifs is 1. The van der Waals surface area contributed by atoms with Gasteiger partial charge in [0.25, 0.3) is 21.8 Å². The van der Waals surface area contributed by atoms with Crippen molar-refractivity contribution in [3.63, 3.8) is 0 Å². The number of carboxylic acid groups (broad SMARTS) is 1. The van der Waals surface area contributed by atoms with Crippen LogP contribution in [0, 0.1) is 0 Å². The highest BCUT2D eigenvalue weighted by Gasteiger charge is 2.49. The topological polar surface area (TPSA) is 124 Å². The Hall–Kier alpha value is -2.67. The quantitative estimate of drug-likeness (QED) is 0.632. The number of nitrogens with one attached hydrogen (secondary N) is 1. The number of amides is 2. The molecule has 0 atom stereocenters. The van der Waals surface area contributed by atoms with Crippen LogP contribution in [0.5, 0.6) is 0 Å². The van der Waals surface area contributed by atoms with Crippen molar-refractivity contribution in [1.29, 1.82) is 0 Å². The Kier molecular flexibility index (Phi) is 6.27. The van der Waals surface area contributed by atoms with Crippen LogP contribution in [0.3, 0.4) is 0 Å². The number of sulfonamides is 1. The van der Waals surface area contributed by atoms with E-state index in [1.165, 1.54) is 12.1 Å². The maximum atomic E-state index is 13.1. The molecule has 1 saturated carbocycles. The van der Waals surface area contributed by atoms with Gasteiger partial charge in [-0.05, 0) is 58.7 Å². The van der Waals surface area contributed by atoms with Crippen LogP contribution in [0.1, 0.15) is 61.3 Å². The summed E-state index contributed by atoms with van der Waals surface area (Å²) in [5.41, 5.74) is -0.0338. The van der Waals surface area contributed by atoms with Crippen LogP contribution in [-0.2, 0) is 14.8 Å². The Balaban J connectivity index is 0.000000406. The largest absolute Gasteiger partial charge is 0.490 e. The number of rotatable bonds is 2. The third-order valence-corrected chi connectivity index (χ3v) is 7.33. The number of nitrogens with zero attached hydrogens (tertiary/aromatic N) is 2. The first-order chi connectivity index (χ1) is 15.4. The molecule has 4 rings (SSSR count). The lowest BCUT2D eigenvalue weighted by atomic mass is 9.91. The number of carbonyl (C=O) groups excluding carboxylic acids is 2. The van der Waals surface area contributed by atoms with Gasteiger partial charge in [0.2, 0.25) is 0 Å². The molecule has 188 valence electrons. The van der Waals surface area contributed by atoms with Crippen LogP contribution in [0.25, 0.3) is 0 Å². The number of hydrogen-bond acceptors (Lipinski definition) is 6. The fourth-order valence-electron chi connectivity index (χ4n) is 4.38. The minimum absolute atomic E-state index is 0.0427. The molecular formula is C21H26F3N3O6S. The number of carbonyl (C=O) groups is 3. The molecule has 1 aromatic rings. The van der Waals surface area contributed by atoms with Gasteiger partial charge in [-0.15, -0.1) is 0 Å². The van der Waals surface area contributed by atoms with Gasteiger partial charge in [0.15, 0.2) is 0 Å². The molecule has 0 aromatic heterocycles. The fraction of sp³-hybridized carbons (Fsp3) is 0.571. The number of hydrogen-bond donors (Lipinski definition) is 2. The van der Waals surface area contributed by atoms with Gasteiger partial charge in [-0.2, -0.15) is 13.2 Å². The zero-order valence-electron chi connectivity index (χ0n) is 19.1. The highest BCUT2D eigenvalue weighted by molar-refractivity contribution is 7.90. The number of benzene rings is 1. The van der Waals surface area contributed by atoms with Crippen molar-refractivity contribution in [2.24, 2.45) is 0 Å². The van der Waals surface area contributed by atoms with Gasteiger partial charge >= 0.3 is 12.1 Å². The second-order valence-electron chi connectivity index (χ2n) is 9.91. The van der Waals surface area contributed by atoms with E-state index < -0.39 is 28.1 Å². The Morgan fingerprint density at radius 3 is 2.03 bits per heavy atom. The lowest BCUT2D eigenvalue weighted by molar-refractivity contribution is -0.192. The molecule has 1 saturated heterocycles. The zero-order valence-corrected chi connectivity index (χ0v) is 19.9. The minimum atomic E-state index is -5.08. The predicted molar refractivity (Wildman–Crippen MR) is 114 cm³/mol. The third kappa shape index (κ3) is 5.19. The lowest BCUT2D eigenvalue weighted by Crippen LogP contribution is -2.67. The summed E-state index contributed by atoms with van der Waals surface area (Å²) in [6.07, 6.45) is -3.68. The van der Waals surface area contributed by atoms with Crippen molar-refractivity contribution >= 4 is 27.8 Å². The minimum Gasteiger partial charge on any atom is -0.475 e.